The fourth-order valence-corrected chi connectivity index (χ4v) is 4.14. The molecule has 6 nitrogen and oxygen atoms in total. The third-order valence-electron chi connectivity index (χ3n) is 4.77. The molecule has 31 heavy (non-hydrogen) atoms. The van der Waals surface area contributed by atoms with Gasteiger partial charge in [-0.3, -0.25) is 0 Å². The van der Waals surface area contributed by atoms with Gasteiger partial charge in [-0.1, -0.05) is 19.9 Å². The van der Waals surface area contributed by atoms with Gasteiger partial charge in [-0.2, -0.15) is 0 Å². The van der Waals surface area contributed by atoms with Gasteiger partial charge in [-0.15, -0.1) is 11.3 Å². The Balaban J connectivity index is 1.66. The largest absolute Gasteiger partial charge is 0.493 e. The van der Waals surface area contributed by atoms with Gasteiger partial charge in [-0.05, 0) is 47.9 Å². The number of benzene rings is 2. The molecule has 2 heterocycles. The van der Waals surface area contributed by atoms with E-state index < -0.39 is 0 Å². The zero-order chi connectivity index (χ0) is 21.8. The van der Waals surface area contributed by atoms with E-state index in [1.54, 1.807) is 31.9 Å². The molecule has 0 fully saturated rings. The number of thiophene rings is 1. The average Bonchev–Trinajstić information content (AvgIpc) is 3.23. The number of methoxy groups -OCH3 is 2. The summed E-state index contributed by atoms with van der Waals surface area (Å²) in [6.07, 6.45) is 1.58. The zero-order valence-corrected chi connectivity index (χ0v) is 18.8. The highest BCUT2D eigenvalue weighted by molar-refractivity contribution is 7.17. The van der Waals surface area contributed by atoms with Crippen LogP contribution in [0.15, 0.2) is 54.2 Å². The Bertz CT molecular complexity index is 1170. The summed E-state index contributed by atoms with van der Waals surface area (Å²) in [6, 6.07) is 13.8. The molecule has 4 rings (SSSR count). The van der Waals surface area contributed by atoms with Gasteiger partial charge in [0.25, 0.3) is 0 Å². The molecule has 2 aromatic heterocycles. The maximum absolute atomic E-state index is 5.77. The smallest absolute Gasteiger partial charge is 0.161 e. The van der Waals surface area contributed by atoms with Gasteiger partial charge in [0, 0.05) is 16.6 Å². The molecule has 0 aliphatic carbocycles. The predicted molar refractivity (Wildman–Crippen MR) is 126 cm³/mol. The normalized spacial score (nSPS) is 11.0. The van der Waals surface area contributed by atoms with E-state index in [9.17, 15) is 0 Å². The molecule has 7 heteroatoms. The van der Waals surface area contributed by atoms with Crippen LogP contribution in [0.4, 0.5) is 11.5 Å². The summed E-state index contributed by atoms with van der Waals surface area (Å²) in [7, 11) is 3.27. The van der Waals surface area contributed by atoms with Crippen molar-refractivity contribution in [2.45, 2.75) is 13.8 Å². The van der Waals surface area contributed by atoms with Gasteiger partial charge in [-0.25, -0.2) is 9.97 Å². The summed E-state index contributed by atoms with van der Waals surface area (Å²) >= 11 is 1.59. The monoisotopic (exact) mass is 435 g/mol. The van der Waals surface area contributed by atoms with Crippen LogP contribution >= 0.6 is 11.3 Å². The molecule has 0 aliphatic rings. The molecule has 1 N–H and O–H groups in total. The van der Waals surface area contributed by atoms with Crippen LogP contribution in [0.25, 0.3) is 21.3 Å². The Hall–Kier alpha value is -3.32. The number of hydrogen-bond donors (Lipinski definition) is 1. The van der Waals surface area contributed by atoms with Crippen LogP contribution in [0.2, 0.25) is 0 Å². The zero-order valence-electron chi connectivity index (χ0n) is 18.0. The molecular weight excluding hydrogens is 410 g/mol. The number of fused-ring (bicyclic) bond motifs is 1. The molecule has 0 atom stereocenters. The van der Waals surface area contributed by atoms with Gasteiger partial charge >= 0.3 is 0 Å². The van der Waals surface area contributed by atoms with Crippen molar-refractivity contribution in [3.05, 3.63) is 54.2 Å². The van der Waals surface area contributed by atoms with Crippen molar-refractivity contribution in [1.82, 2.24) is 9.97 Å². The van der Waals surface area contributed by atoms with E-state index in [1.165, 1.54) is 0 Å². The lowest BCUT2D eigenvalue weighted by Crippen LogP contribution is -2.04. The third kappa shape index (κ3) is 4.56. The first kappa shape index (κ1) is 20.9. The lowest BCUT2D eigenvalue weighted by Gasteiger charge is -2.12. The number of anilines is 2. The van der Waals surface area contributed by atoms with Crippen molar-refractivity contribution in [1.29, 1.82) is 0 Å². The number of hydrogen-bond acceptors (Lipinski definition) is 7. The minimum atomic E-state index is 0.487. The van der Waals surface area contributed by atoms with Gasteiger partial charge < -0.3 is 19.5 Å². The molecule has 0 bridgehead atoms. The first-order chi connectivity index (χ1) is 15.1. The van der Waals surface area contributed by atoms with Crippen molar-refractivity contribution < 1.29 is 14.2 Å². The molecular formula is C24H25N3O3S. The summed E-state index contributed by atoms with van der Waals surface area (Å²) in [5, 5.41) is 6.49. The van der Waals surface area contributed by atoms with Crippen LogP contribution in [0.3, 0.4) is 0 Å². The highest BCUT2D eigenvalue weighted by atomic mass is 32.1. The van der Waals surface area contributed by atoms with Crippen molar-refractivity contribution in [2.75, 3.05) is 26.1 Å². The lowest BCUT2D eigenvalue weighted by atomic mass is 10.1. The summed E-state index contributed by atoms with van der Waals surface area (Å²) < 4.78 is 16.6. The van der Waals surface area contributed by atoms with Crippen molar-refractivity contribution in [3.63, 3.8) is 0 Å². The van der Waals surface area contributed by atoms with E-state index in [0.29, 0.717) is 24.0 Å². The summed E-state index contributed by atoms with van der Waals surface area (Å²) in [5.41, 5.74) is 2.99. The first-order valence-corrected chi connectivity index (χ1v) is 10.9. The molecule has 0 saturated carbocycles. The second kappa shape index (κ2) is 9.22. The SMILES string of the molecule is COc1ccc(-c2csc3ncnc(Nc4ccc(OCC(C)C)cc4)c23)cc1OC. The van der Waals surface area contributed by atoms with Crippen molar-refractivity contribution in [2.24, 2.45) is 5.92 Å². The molecule has 2 aromatic carbocycles. The Morgan fingerprint density at radius 1 is 0.968 bits per heavy atom. The summed E-state index contributed by atoms with van der Waals surface area (Å²) in [6.45, 7) is 4.96. The lowest BCUT2D eigenvalue weighted by molar-refractivity contribution is 0.271. The van der Waals surface area contributed by atoms with E-state index in [-0.39, 0.29) is 0 Å². The molecule has 4 aromatic rings. The fraction of sp³-hybridized carbons (Fsp3) is 0.250. The minimum absolute atomic E-state index is 0.487. The van der Waals surface area contributed by atoms with Crippen LogP contribution in [-0.2, 0) is 0 Å². The molecule has 0 radical (unpaired) electrons. The van der Waals surface area contributed by atoms with Gasteiger partial charge in [0.2, 0.25) is 0 Å². The highest BCUT2D eigenvalue weighted by Crippen LogP contribution is 2.40. The Kier molecular flexibility index (Phi) is 6.23. The number of nitrogens with zero attached hydrogens (tertiary/aromatic N) is 2. The van der Waals surface area contributed by atoms with E-state index in [2.05, 4.69) is 34.5 Å². The minimum Gasteiger partial charge on any atom is -0.493 e. The molecule has 0 spiro atoms. The second-order valence-corrected chi connectivity index (χ2v) is 8.33. The van der Waals surface area contributed by atoms with E-state index >= 15 is 0 Å². The fourth-order valence-electron chi connectivity index (χ4n) is 3.22. The predicted octanol–water partition coefficient (Wildman–Crippen LogP) is 6.15. The third-order valence-corrected chi connectivity index (χ3v) is 5.65. The Morgan fingerprint density at radius 2 is 1.74 bits per heavy atom. The molecule has 160 valence electrons. The van der Waals surface area contributed by atoms with Crippen LogP contribution in [0.1, 0.15) is 13.8 Å². The van der Waals surface area contributed by atoms with E-state index in [4.69, 9.17) is 14.2 Å². The summed E-state index contributed by atoms with van der Waals surface area (Å²) in [4.78, 5) is 9.88. The topological polar surface area (TPSA) is 65.5 Å². The first-order valence-electron chi connectivity index (χ1n) is 10.0. The maximum Gasteiger partial charge on any atom is 0.161 e. The van der Waals surface area contributed by atoms with Gasteiger partial charge in [0.15, 0.2) is 11.5 Å². The maximum atomic E-state index is 5.77. The molecule has 0 unspecified atom stereocenters. The van der Waals surface area contributed by atoms with Crippen LogP contribution < -0.4 is 19.5 Å². The Labute approximate surface area is 185 Å². The van der Waals surface area contributed by atoms with Crippen molar-refractivity contribution >= 4 is 33.1 Å². The van der Waals surface area contributed by atoms with E-state index in [1.807, 2.05) is 42.5 Å². The standard InChI is InChI=1S/C24H25N3O3S/c1-15(2)12-30-18-8-6-17(7-9-18)27-23-22-19(13-31-24(22)26-14-25-23)16-5-10-20(28-3)21(11-16)29-4/h5-11,13-15H,12H2,1-4H3,(H,25,26,27). The quantitative estimate of drug-likeness (QED) is 0.358. The number of aromatic nitrogens is 2. The number of rotatable bonds is 8. The van der Waals surface area contributed by atoms with Gasteiger partial charge in [0.05, 0.1) is 26.2 Å². The highest BCUT2D eigenvalue weighted by Gasteiger charge is 2.15. The molecule has 0 amide bonds. The van der Waals surface area contributed by atoms with Gasteiger partial charge in [0.1, 0.15) is 22.7 Å². The average molecular weight is 436 g/mol. The van der Waals surface area contributed by atoms with E-state index in [0.717, 1.165) is 38.6 Å². The van der Waals surface area contributed by atoms with Crippen LogP contribution in [0.5, 0.6) is 17.2 Å². The number of ether oxygens (including phenoxy) is 3. The summed E-state index contributed by atoms with van der Waals surface area (Å²) in [5.74, 6) is 3.48. The molecule has 0 aliphatic heterocycles. The Morgan fingerprint density at radius 3 is 2.45 bits per heavy atom. The van der Waals surface area contributed by atoms with Crippen molar-refractivity contribution in [3.8, 4) is 28.4 Å². The second-order valence-electron chi connectivity index (χ2n) is 7.48. The number of nitrogens with one attached hydrogen (secondary N) is 1. The van der Waals surface area contributed by atoms with Crippen LogP contribution in [-0.4, -0.2) is 30.8 Å². The van der Waals surface area contributed by atoms with Crippen LogP contribution in [0, 0.1) is 5.92 Å². The molecule has 0 saturated heterocycles.